The highest BCUT2D eigenvalue weighted by atomic mass is 35.5. The van der Waals surface area contributed by atoms with Crippen LogP contribution in [-0.4, -0.2) is 49.8 Å². The first kappa shape index (κ1) is 20.9. The van der Waals surface area contributed by atoms with E-state index in [1.807, 2.05) is 13.8 Å². The summed E-state index contributed by atoms with van der Waals surface area (Å²) in [6.07, 6.45) is 2.21. The molecular weight excluding hydrogens is 352 g/mol. The molecule has 0 saturated carbocycles. The standard InChI is InChI=1S/C14H22N6O4.ClH/c1-3-8(2)9(13(22)23)16-4-5-24-7-20-6-17-10-11(20)18-14(15)19-12(10)21;/h6,8-9,16H,3-5,7H2,1-2H3,(H,22,23)(H3,15,18,19,21);1H/t8-,9-;/m0./s1. The zero-order valence-corrected chi connectivity index (χ0v) is 14.9. The second-order valence-corrected chi connectivity index (χ2v) is 5.53. The van der Waals surface area contributed by atoms with E-state index in [1.54, 1.807) is 4.57 Å². The van der Waals surface area contributed by atoms with E-state index >= 15 is 0 Å². The van der Waals surface area contributed by atoms with Crippen LogP contribution in [0.15, 0.2) is 11.1 Å². The third kappa shape index (κ3) is 5.15. The molecule has 2 heterocycles. The van der Waals surface area contributed by atoms with Gasteiger partial charge in [0, 0.05) is 6.54 Å². The van der Waals surface area contributed by atoms with Crippen LogP contribution in [0.4, 0.5) is 5.95 Å². The van der Waals surface area contributed by atoms with Crippen LogP contribution in [0.25, 0.3) is 11.2 Å². The fraction of sp³-hybridized carbons (Fsp3) is 0.571. The molecule has 0 spiro atoms. The molecule has 0 aromatic carbocycles. The van der Waals surface area contributed by atoms with E-state index in [0.717, 1.165) is 6.42 Å². The van der Waals surface area contributed by atoms with Gasteiger partial charge >= 0.3 is 5.97 Å². The maximum absolute atomic E-state index is 11.7. The smallest absolute Gasteiger partial charge is 0.320 e. The lowest BCUT2D eigenvalue weighted by Crippen LogP contribution is -2.43. The summed E-state index contributed by atoms with van der Waals surface area (Å²) in [6.45, 7) is 4.67. The summed E-state index contributed by atoms with van der Waals surface area (Å²) in [5.74, 6) is -0.836. The van der Waals surface area contributed by atoms with Gasteiger partial charge in [0.15, 0.2) is 11.2 Å². The zero-order chi connectivity index (χ0) is 17.7. The van der Waals surface area contributed by atoms with Gasteiger partial charge in [-0.05, 0) is 5.92 Å². The minimum Gasteiger partial charge on any atom is -0.480 e. The van der Waals surface area contributed by atoms with Gasteiger partial charge in [-0.2, -0.15) is 4.98 Å². The van der Waals surface area contributed by atoms with Crippen molar-refractivity contribution < 1.29 is 14.6 Å². The fourth-order valence-corrected chi connectivity index (χ4v) is 2.28. The molecule has 0 saturated heterocycles. The normalized spacial score (nSPS) is 13.4. The van der Waals surface area contributed by atoms with Crippen molar-refractivity contribution in [3.8, 4) is 0 Å². The number of carboxylic acid groups (broad SMARTS) is 1. The summed E-state index contributed by atoms with van der Waals surface area (Å²) in [4.78, 5) is 33.2. The minimum absolute atomic E-state index is 0. The predicted octanol–water partition coefficient (Wildman–Crippen LogP) is 0.187. The number of anilines is 1. The summed E-state index contributed by atoms with van der Waals surface area (Å²) in [7, 11) is 0. The van der Waals surface area contributed by atoms with Crippen LogP contribution < -0.4 is 16.6 Å². The van der Waals surface area contributed by atoms with Gasteiger partial charge in [-0.25, -0.2) is 4.98 Å². The van der Waals surface area contributed by atoms with Gasteiger partial charge in [0.2, 0.25) is 5.95 Å². The number of H-pyrrole nitrogens is 1. The van der Waals surface area contributed by atoms with Gasteiger partial charge in [-0.3, -0.25) is 19.1 Å². The first-order valence-corrected chi connectivity index (χ1v) is 7.68. The number of rotatable bonds is 9. The van der Waals surface area contributed by atoms with Crippen LogP contribution in [0.2, 0.25) is 0 Å². The highest BCUT2D eigenvalue weighted by Crippen LogP contribution is 2.08. The number of hydrogen-bond acceptors (Lipinski definition) is 7. The predicted molar refractivity (Wildman–Crippen MR) is 94.6 cm³/mol. The number of hydrogen-bond donors (Lipinski definition) is 4. The van der Waals surface area contributed by atoms with Crippen LogP contribution in [0, 0.1) is 5.92 Å². The molecule has 2 aromatic heterocycles. The summed E-state index contributed by atoms with van der Waals surface area (Å²) in [5.41, 5.74) is 5.64. The molecule has 0 fully saturated rings. The number of nitrogens with zero attached hydrogens (tertiary/aromatic N) is 3. The average Bonchev–Trinajstić information content (AvgIpc) is 2.93. The molecule has 0 aliphatic carbocycles. The van der Waals surface area contributed by atoms with Crippen molar-refractivity contribution in [2.45, 2.75) is 33.0 Å². The van der Waals surface area contributed by atoms with Crippen molar-refractivity contribution in [1.82, 2.24) is 24.8 Å². The van der Waals surface area contributed by atoms with Crippen LogP contribution in [0.1, 0.15) is 20.3 Å². The van der Waals surface area contributed by atoms with E-state index < -0.39 is 17.6 Å². The number of ether oxygens (including phenoxy) is 1. The zero-order valence-electron chi connectivity index (χ0n) is 14.1. The quantitative estimate of drug-likeness (QED) is 0.454. The highest BCUT2D eigenvalue weighted by molar-refractivity contribution is 5.85. The van der Waals surface area contributed by atoms with Gasteiger partial charge in [0.05, 0.1) is 12.9 Å². The van der Waals surface area contributed by atoms with Crippen LogP contribution in [0.3, 0.4) is 0 Å². The monoisotopic (exact) mass is 374 g/mol. The lowest BCUT2D eigenvalue weighted by Gasteiger charge is -2.20. The van der Waals surface area contributed by atoms with Crippen molar-refractivity contribution in [2.24, 2.45) is 5.92 Å². The average molecular weight is 375 g/mol. The molecule has 2 rings (SSSR count). The molecule has 2 atom stereocenters. The van der Waals surface area contributed by atoms with Crippen molar-refractivity contribution in [3.63, 3.8) is 0 Å². The molecule has 0 aliphatic heterocycles. The number of fused-ring (bicyclic) bond motifs is 1. The minimum atomic E-state index is -0.871. The number of carbonyl (C=O) groups is 1. The fourth-order valence-electron chi connectivity index (χ4n) is 2.28. The van der Waals surface area contributed by atoms with E-state index in [-0.39, 0.29) is 36.5 Å². The maximum atomic E-state index is 11.7. The van der Waals surface area contributed by atoms with Gasteiger partial charge in [0.1, 0.15) is 12.8 Å². The number of halogens is 1. The third-order valence-electron chi connectivity index (χ3n) is 3.81. The second-order valence-electron chi connectivity index (χ2n) is 5.53. The number of aliphatic carboxylic acids is 1. The largest absolute Gasteiger partial charge is 0.480 e. The molecule has 5 N–H and O–H groups in total. The first-order chi connectivity index (χ1) is 11.4. The molecule has 0 unspecified atom stereocenters. The van der Waals surface area contributed by atoms with E-state index in [0.29, 0.717) is 18.8 Å². The first-order valence-electron chi connectivity index (χ1n) is 7.68. The number of aromatic amines is 1. The second kappa shape index (κ2) is 9.35. The molecule has 2 aromatic rings. The van der Waals surface area contributed by atoms with E-state index in [9.17, 15) is 14.7 Å². The Balaban J connectivity index is 0.00000312. The Kier molecular flexibility index (Phi) is 7.81. The van der Waals surface area contributed by atoms with Crippen molar-refractivity contribution in [2.75, 3.05) is 18.9 Å². The maximum Gasteiger partial charge on any atom is 0.320 e. The Labute approximate surface area is 150 Å². The Morgan fingerprint density at radius 2 is 2.28 bits per heavy atom. The molecule has 11 heteroatoms. The Bertz CT molecular complexity index is 761. The Morgan fingerprint density at radius 3 is 2.92 bits per heavy atom. The number of imidazole rings is 1. The lowest BCUT2D eigenvalue weighted by molar-refractivity contribution is -0.140. The SMILES string of the molecule is CC[C@H](C)[C@H](NCCOCn1cnc2c(=O)[nH]c(N)nc21)C(=O)O.Cl. The summed E-state index contributed by atoms with van der Waals surface area (Å²) in [6, 6.07) is -0.604. The summed E-state index contributed by atoms with van der Waals surface area (Å²) >= 11 is 0. The topological polar surface area (TPSA) is 148 Å². The van der Waals surface area contributed by atoms with Gasteiger partial charge in [-0.15, -0.1) is 12.4 Å². The molecular formula is C14H23ClN6O4. The summed E-state index contributed by atoms with van der Waals surface area (Å²) in [5, 5.41) is 12.1. The molecule has 25 heavy (non-hydrogen) atoms. The van der Waals surface area contributed by atoms with Crippen LogP contribution in [0.5, 0.6) is 0 Å². The third-order valence-corrected chi connectivity index (χ3v) is 3.81. The lowest BCUT2D eigenvalue weighted by atomic mass is 9.99. The summed E-state index contributed by atoms with van der Waals surface area (Å²) < 4.78 is 7.04. The number of aromatic nitrogens is 4. The van der Waals surface area contributed by atoms with Crippen LogP contribution >= 0.6 is 12.4 Å². The van der Waals surface area contributed by atoms with E-state index in [4.69, 9.17) is 10.5 Å². The number of carboxylic acids is 1. The molecule has 0 aliphatic rings. The van der Waals surface area contributed by atoms with Gasteiger partial charge in [-0.1, -0.05) is 20.3 Å². The number of nitrogen functional groups attached to an aromatic ring is 1. The van der Waals surface area contributed by atoms with Crippen molar-refractivity contribution >= 4 is 35.5 Å². The molecule has 10 nitrogen and oxygen atoms in total. The van der Waals surface area contributed by atoms with E-state index in [2.05, 4.69) is 20.3 Å². The van der Waals surface area contributed by atoms with Gasteiger partial charge in [0.25, 0.3) is 5.56 Å². The van der Waals surface area contributed by atoms with Gasteiger partial charge < -0.3 is 20.9 Å². The van der Waals surface area contributed by atoms with E-state index in [1.165, 1.54) is 6.33 Å². The Hall–Kier alpha value is -2.17. The number of nitrogens with two attached hydrogens (primary N) is 1. The van der Waals surface area contributed by atoms with Crippen molar-refractivity contribution in [1.29, 1.82) is 0 Å². The molecule has 0 amide bonds. The highest BCUT2D eigenvalue weighted by Gasteiger charge is 2.22. The molecule has 0 radical (unpaired) electrons. The molecule has 140 valence electrons. The Morgan fingerprint density at radius 1 is 1.56 bits per heavy atom. The molecule has 0 bridgehead atoms. The van der Waals surface area contributed by atoms with Crippen molar-refractivity contribution in [3.05, 3.63) is 16.7 Å². The van der Waals surface area contributed by atoms with Crippen LogP contribution in [-0.2, 0) is 16.3 Å². The number of nitrogens with one attached hydrogen (secondary N) is 2.